The number of carbonyl (C=O) groups excluding carboxylic acids is 2. The molecule has 4 saturated carbocycles. The minimum Gasteiger partial charge on any atom is -0.386 e. The molecule has 0 aromatic rings. The van der Waals surface area contributed by atoms with Gasteiger partial charge in [0.25, 0.3) is 0 Å². The van der Waals surface area contributed by atoms with E-state index in [1.54, 1.807) is 0 Å². The van der Waals surface area contributed by atoms with Crippen molar-refractivity contribution < 1.29 is 9.59 Å². The monoisotopic (exact) mass is 370 g/mol. The Morgan fingerprint density at radius 3 is 1.81 bits per heavy atom. The van der Waals surface area contributed by atoms with Crippen LogP contribution in [0.1, 0.15) is 61.3 Å². The Hall–Kier alpha value is -1.58. The minimum absolute atomic E-state index is 0.196. The van der Waals surface area contributed by atoms with Crippen LogP contribution in [0.5, 0.6) is 0 Å². The maximum absolute atomic E-state index is 12.3. The molecule has 4 aliphatic rings. The van der Waals surface area contributed by atoms with E-state index in [0.717, 1.165) is 29.1 Å². The predicted molar refractivity (Wildman–Crippen MR) is 107 cm³/mol. The van der Waals surface area contributed by atoms with Gasteiger partial charge in [0, 0.05) is 48.0 Å². The molecule has 4 fully saturated rings. The number of hydrogen-bond acceptors (Lipinski definition) is 4. The molecule has 148 valence electrons. The number of nitrogens with one attached hydrogen (secondary N) is 2. The van der Waals surface area contributed by atoms with Gasteiger partial charge < -0.3 is 10.6 Å². The molecular weight excluding hydrogens is 336 g/mol. The standard InChI is InChI=1S/C23H34N2O2/c1-11(25-13(3)19-17(27)9-15-21(19)23(15,6)7)10-24-12(2)18-16(26)8-14-20(18)22(14,4)5/h11,14-15,20-21,24-25H,8-10H2,1-7H3/b18-12+,19-13+/t11?,14-,15-,20-,21-/m1/s1. The van der Waals surface area contributed by atoms with E-state index >= 15 is 0 Å². The summed E-state index contributed by atoms with van der Waals surface area (Å²) in [4.78, 5) is 24.7. The van der Waals surface area contributed by atoms with E-state index in [9.17, 15) is 9.59 Å². The highest BCUT2D eigenvalue weighted by Crippen LogP contribution is 2.68. The van der Waals surface area contributed by atoms with Crippen LogP contribution in [0.4, 0.5) is 0 Å². The first kappa shape index (κ1) is 18.8. The average molecular weight is 371 g/mol. The molecule has 0 heterocycles. The lowest BCUT2D eigenvalue weighted by atomic mass is 9.95. The van der Waals surface area contributed by atoms with Gasteiger partial charge in [0.15, 0.2) is 11.6 Å². The maximum Gasteiger partial charge on any atom is 0.161 e. The van der Waals surface area contributed by atoms with Crippen molar-refractivity contribution in [2.24, 2.45) is 34.5 Å². The van der Waals surface area contributed by atoms with Gasteiger partial charge in [-0.05, 0) is 55.3 Å². The molecule has 2 N–H and O–H groups in total. The summed E-state index contributed by atoms with van der Waals surface area (Å²) < 4.78 is 0. The largest absolute Gasteiger partial charge is 0.386 e. The normalized spacial score (nSPS) is 39.5. The summed E-state index contributed by atoms with van der Waals surface area (Å²) >= 11 is 0. The lowest BCUT2D eigenvalue weighted by Gasteiger charge is -2.21. The Morgan fingerprint density at radius 1 is 0.926 bits per heavy atom. The molecule has 0 radical (unpaired) electrons. The molecule has 0 aliphatic heterocycles. The van der Waals surface area contributed by atoms with Gasteiger partial charge in [-0.2, -0.15) is 0 Å². The van der Waals surface area contributed by atoms with Crippen LogP contribution in [0.2, 0.25) is 0 Å². The quantitative estimate of drug-likeness (QED) is 0.726. The van der Waals surface area contributed by atoms with Crippen LogP contribution in [0.25, 0.3) is 0 Å². The highest BCUT2D eigenvalue weighted by atomic mass is 16.1. The summed E-state index contributed by atoms with van der Waals surface area (Å²) in [5.74, 6) is 2.61. The zero-order valence-electron chi connectivity index (χ0n) is 17.8. The minimum atomic E-state index is 0.196. The summed E-state index contributed by atoms with van der Waals surface area (Å²) in [6, 6.07) is 0.196. The van der Waals surface area contributed by atoms with Crippen molar-refractivity contribution in [1.82, 2.24) is 10.6 Å². The first-order chi connectivity index (χ1) is 12.5. The van der Waals surface area contributed by atoms with Crippen molar-refractivity contribution in [3.8, 4) is 0 Å². The number of carbonyl (C=O) groups is 2. The van der Waals surface area contributed by atoms with Gasteiger partial charge in [-0.1, -0.05) is 27.7 Å². The zero-order chi connectivity index (χ0) is 19.9. The van der Waals surface area contributed by atoms with Gasteiger partial charge >= 0.3 is 0 Å². The Labute approximate surface area is 163 Å². The van der Waals surface area contributed by atoms with E-state index in [1.807, 2.05) is 13.8 Å². The summed E-state index contributed by atoms with van der Waals surface area (Å²) in [5, 5.41) is 7.01. The number of hydrogen-bond donors (Lipinski definition) is 2. The number of fused-ring (bicyclic) bond motifs is 2. The maximum atomic E-state index is 12.3. The summed E-state index contributed by atoms with van der Waals surface area (Å²) in [5.41, 5.74) is 4.70. The first-order valence-corrected chi connectivity index (χ1v) is 10.5. The van der Waals surface area contributed by atoms with Gasteiger partial charge in [0.2, 0.25) is 0 Å². The van der Waals surface area contributed by atoms with E-state index in [2.05, 4.69) is 45.3 Å². The smallest absolute Gasteiger partial charge is 0.161 e. The van der Waals surface area contributed by atoms with Crippen LogP contribution in [0.15, 0.2) is 22.5 Å². The topological polar surface area (TPSA) is 58.2 Å². The first-order valence-electron chi connectivity index (χ1n) is 10.5. The number of allylic oxidation sites excluding steroid dienone is 4. The number of rotatable bonds is 5. The lowest BCUT2D eigenvalue weighted by Crippen LogP contribution is -2.36. The second kappa shape index (κ2) is 5.71. The van der Waals surface area contributed by atoms with Crippen LogP contribution >= 0.6 is 0 Å². The summed E-state index contributed by atoms with van der Waals surface area (Å²) in [6.45, 7) is 16.0. The molecule has 0 amide bonds. The third kappa shape index (κ3) is 2.70. The summed E-state index contributed by atoms with van der Waals surface area (Å²) in [6.07, 6.45) is 1.43. The molecule has 1 unspecified atom stereocenters. The zero-order valence-corrected chi connectivity index (χ0v) is 17.8. The second-order valence-corrected chi connectivity index (χ2v) is 10.6. The van der Waals surface area contributed by atoms with E-state index in [0.29, 0.717) is 48.1 Å². The molecule has 0 aromatic heterocycles. The Morgan fingerprint density at radius 2 is 1.37 bits per heavy atom. The molecule has 0 bridgehead atoms. The molecule has 27 heavy (non-hydrogen) atoms. The van der Waals surface area contributed by atoms with Gasteiger partial charge in [-0.3, -0.25) is 9.59 Å². The van der Waals surface area contributed by atoms with Crippen molar-refractivity contribution in [2.45, 2.75) is 67.3 Å². The molecule has 4 aliphatic carbocycles. The van der Waals surface area contributed by atoms with Crippen molar-refractivity contribution >= 4 is 11.6 Å². The van der Waals surface area contributed by atoms with E-state index < -0.39 is 0 Å². The van der Waals surface area contributed by atoms with Crippen LogP contribution in [-0.2, 0) is 9.59 Å². The van der Waals surface area contributed by atoms with Crippen LogP contribution < -0.4 is 10.6 Å². The van der Waals surface area contributed by atoms with Crippen LogP contribution in [0, 0.1) is 34.5 Å². The molecule has 0 aromatic carbocycles. The van der Waals surface area contributed by atoms with Crippen LogP contribution in [0.3, 0.4) is 0 Å². The average Bonchev–Trinajstić information content (AvgIpc) is 3.08. The van der Waals surface area contributed by atoms with Crippen molar-refractivity contribution in [1.29, 1.82) is 0 Å². The van der Waals surface area contributed by atoms with Crippen molar-refractivity contribution in [3.05, 3.63) is 22.5 Å². The highest BCUT2D eigenvalue weighted by Gasteiger charge is 2.66. The Kier molecular flexibility index (Phi) is 3.97. The van der Waals surface area contributed by atoms with E-state index in [4.69, 9.17) is 0 Å². The number of Topliss-reactive ketones (excluding diaryl/α,β-unsaturated/α-hetero) is 2. The lowest BCUT2D eigenvalue weighted by molar-refractivity contribution is -0.116. The fourth-order valence-corrected chi connectivity index (χ4v) is 6.15. The van der Waals surface area contributed by atoms with Crippen molar-refractivity contribution in [3.63, 3.8) is 0 Å². The fourth-order valence-electron chi connectivity index (χ4n) is 6.15. The highest BCUT2D eigenvalue weighted by molar-refractivity contribution is 6.01. The van der Waals surface area contributed by atoms with Gasteiger partial charge in [-0.25, -0.2) is 0 Å². The van der Waals surface area contributed by atoms with Gasteiger partial charge in [0.05, 0.1) is 0 Å². The molecule has 4 nitrogen and oxygen atoms in total. The van der Waals surface area contributed by atoms with Gasteiger partial charge in [0.1, 0.15) is 0 Å². The summed E-state index contributed by atoms with van der Waals surface area (Å²) in [7, 11) is 0. The molecule has 4 heteroatoms. The number of ketones is 2. The third-order valence-electron chi connectivity index (χ3n) is 8.08. The molecule has 0 spiro atoms. The van der Waals surface area contributed by atoms with E-state index in [-0.39, 0.29) is 16.9 Å². The second-order valence-electron chi connectivity index (χ2n) is 10.6. The SMILES string of the molecule is C/C(NCC(C)N/C(C)=C1\C(=O)C[C@@H]2[C@H]1C2(C)C)=C1/C(=O)C[C@@H]2[C@H]1C2(C)C. The predicted octanol–water partition coefficient (Wildman–Crippen LogP) is 3.59. The van der Waals surface area contributed by atoms with E-state index in [1.165, 1.54) is 0 Å². The Balaban J connectivity index is 1.39. The fraction of sp³-hybridized carbons (Fsp3) is 0.739. The molecular formula is C23H34N2O2. The van der Waals surface area contributed by atoms with Crippen LogP contribution in [-0.4, -0.2) is 24.2 Å². The molecule has 5 atom stereocenters. The molecule has 4 rings (SSSR count). The Bertz CT molecular complexity index is 786. The van der Waals surface area contributed by atoms with Crippen molar-refractivity contribution in [2.75, 3.05) is 6.54 Å². The third-order valence-corrected chi connectivity index (χ3v) is 8.08. The molecule has 0 saturated heterocycles. The van der Waals surface area contributed by atoms with Gasteiger partial charge in [-0.15, -0.1) is 0 Å².